The number of thioether (sulfide) groups is 1. The first-order valence-corrected chi connectivity index (χ1v) is 10.5. The Kier molecular flexibility index (Phi) is 4.04. The van der Waals surface area contributed by atoms with E-state index in [1.807, 2.05) is 24.3 Å². The van der Waals surface area contributed by atoms with E-state index in [0.717, 1.165) is 31.2 Å². The monoisotopic (exact) mass is 413 g/mol. The molecule has 0 spiro atoms. The number of para-hydroxylation sites is 1. The summed E-state index contributed by atoms with van der Waals surface area (Å²) in [6.07, 6.45) is 0.251. The molecule has 142 valence electrons. The second-order valence-corrected chi connectivity index (χ2v) is 8.77. The smallest absolute Gasteiger partial charge is 0.321 e. The number of carbonyl (C=O) groups is 2. The predicted octanol–water partition coefficient (Wildman–Crippen LogP) is 2.73. The van der Waals surface area contributed by atoms with Crippen LogP contribution in [0.1, 0.15) is 22.2 Å². The van der Waals surface area contributed by atoms with Gasteiger partial charge in [0.2, 0.25) is 5.91 Å². The first kappa shape index (κ1) is 17.5. The van der Waals surface area contributed by atoms with Gasteiger partial charge in [-0.25, -0.2) is 4.98 Å². The molecule has 0 aliphatic carbocycles. The van der Waals surface area contributed by atoms with Crippen LogP contribution < -0.4 is 10.6 Å². The first-order chi connectivity index (χ1) is 13.5. The molecule has 2 aliphatic heterocycles. The van der Waals surface area contributed by atoms with E-state index in [2.05, 4.69) is 10.6 Å². The number of fused-ring (bicyclic) bond motifs is 4. The van der Waals surface area contributed by atoms with Crippen molar-refractivity contribution in [1.29, 1.82) is 0 Å². The quantitative estimate of drug-likeness (QED) is 0.478. The zero-order valence-corrected chi connectivity index (χ0v) is 16.1. The number of carboxylic acid groups (broad SMARTS) is 1. The maximum Gasteiger partial charge on any atom is 0.321 e. The molecule has 2 unspecified atom stereocenters. The Labute approximate surface area is 167 Å². The highest BCUT2D eigenvalue weighted by atomic mass is 32.2. The van der Waals surface area contributed by atoms with Crippen LogP contribution >= 0.6 is 23.1 Å². The molecule has 2 atom stereocenters. The third kappa shape index (κ3) is 2.74. The van der Waals surface area contributed by atoms with Crippen LogP contribution in [0, 0.1) is 0 Å². The van der Waals surface area contributed by atoms with Crippen molar-refractivity contribution < 1.29 is 19.8 Å². The number of benzene rings is 2. The lowest BCUT2D eigenvalue weighted by molar-refractivity contribution is -0.139. The zero-order chi connectivity index (χ0) is 19.4. The Morgan fingerprint density at radius 3 is 2.89 bits per heavy atom. The van der Waals surface area contributed by atoms with Crippen molar-refractivity contribution in [3.05, 3.63) is 46.5 Å². The van der Waals surface area contributed by atoms with E-state index in [1.54, 1.807) is 6.07 Å². The number of nitrogens with zero attached hydrogens (tertiary/aromatic N) is 1. The second kappa shape index (κ2) is 6.47. The number of aromatic hydroxyl groups is 1. The summed E-state index contributed by atoms with van der Waals surface area (Å²) in [4.78, 5) is 29.0. The third-order valence-electron chi connectivity index (χ3n) is 4.93. The highest BCUT2D eigenvalue weighted by Crippen LogP contribution is 2.48. The van der Waals surface area contributed by atoms with Crippen LogP contribution in [0.4, 0.5) is 5.69 Å². The van der Waals surface area contributed by atoms with E-state index in [-0.39, 0.29) is 23.8 Å². The number of aromatic nitrogens is 1. The van der Waals surface area contributed by atoms with Gasteiger partial charge in [0.1, 0.15) is 16.8 Å². The van der Waals surface area contributed by atoms with Crippen LogP contribution in [-0.4, -0.2) is 38.9 Å². The van der Waals surface area contributed by atoms with Crippen LogP contribution in [0.2, 0.25) is 0 Å². The summed E-state index contributed by atoms with van der Waals surface area (Å²) >= 11 is 2.87. The van der Waals surface area contributed by atoms with Crippen LogP contribution in [0.15, 0.2) is 35.2 Å². The number of phenols is 1. The summed E-state index contributed by atoms with van der Waals surface area (Å²) in [5.41, 5.74) is 2.89. The molecule has 1 aromatic heterocycles. The Morgan fingerprint density at radius 1 is 1.29 bits per heavy atom. The van der Waals surface area contributed by atoms with Gasteiger partial charge in [0.15, 0.2) is 0 Å². The Balaban J connectivity index is 1.72. The third-order valence-corrected chi connectivity index (χ3v) is 7.15. The number of carbonyl (C=O) groups excluding carboxylic acids is 1. The van der Waals surface area contributed by atoms with Crippen molar-refractivity contribution in [2.45, 2.75) is 23.4 Å². The van der Waals surface area contributed by atoms with Gasteiger partial charge in [-0.3, -0.25) is 14.9 Å². The first-order valence-electron chi connectivity index (χ1n) is 8.67. The number of anilines is 1. The average Bonchev–Trinajstić information content (AvgIpc) is 3.11. The Bertz CT molecular complexity index is 1110. The molecule has 0 saturated carbocycles. The molecular weight excluding hydrogens is 398 g/mol. The highest BCUT2D eigenvalue weighted by molar-refractivity contribution is 8.00. The molecule has 0 bridgehead atoms. The van der Waals surface area contributed by atoms with Crippen LogP contribution in [-0.2, 0) is 16.0 Å². The number of aliphatic carboxylic acids is 1. The molecular formula is C19H15N3O4S2. The van der Waals surface area contributed by atoms with Gasteiger partial charge in [0.25, 0.3) is 0 Å². The lowest BCUT2D eigenvalue weighted by atomic mass is 9.89. The number of hydrogen-bond donors (Lipinski definition) is 4. The maximum atomic E-state index is 11.8. The molecule has 4 N–H and O–H groups in total. The van der Waals surface area contributed by atoms with Gasteiger partial charge in [-0.15, -0.1) is 23.1 Å². The van der Waals surface area contributed by atoms with Gasteiger partial charge in [0, 0.05) is 4.90 Å². The minimum Gasteiger partial charge on any atom is -0.506 e. The molecule has 2 aliphatic rings. The molecule has 9 heteroatoms. The van der Waals surface area contributed by atoms with Crippen molar-refractivity contribution in [3.8, 4) is 5.75 Å². The number of amides is 1. The van der Waals surface area contributed by atoms with E-state index in [9.17, 15) is 19.8 Å². The minimum absolute atomic E-state index is 0.0385. The van der Waals surface area contributed by atoms with Crippen molar-refractivity contribution in [2.75, 3.05) is 11.1 Å². The van der Waals surface area contributed by atoms with Gasteiger partial charge in [-0.2, -0.15) is 0 Å². The molecule has 7 nitrogen and oxygen atoms in total. The lowest BCUT2D eigenvalue weighted by Gasteiger charge is -2.34. The van der Waals surface area contributed by atoms with Gasteiger partial charge in [0.05, 0.1) is 27.7 Å². The second-order valence-electron chi connectivity index (χ2n) is 6.72. The number of thiazole rings is 1. The van der Waals surface area contributed by atoms with E-state index in [0.29, 0.717) is 5.69 Å². The Morgan fingerprint density at radius 2 is 2.11 bits per heavy atom. The van der Waals surface area contributed by atoms with Crippen LogP contribution in [0.25, 0.3) is 10.2 Å². The highest BCUT2D eigenvalue weighted by Gasteiger charge is 2.37. The summed E-state index contributed by atoms with van der Waals surface area (Å²) in [5.74, 6) is -0.910. The fourth-order valence-corrected chi connectivity index (χ4v) is 5.80. The van der Waals surface area contributed by atoms with Crippen molar-refractivity contribution in [3.63, 3.8) is 0 Å². The molecule has 3 aromatic rings. The largest absolute Gasteiger partial charge is 0.506 e. The van der Waals surface area contributed by atoms with Crippen LogP contribution in [0.5, 0.6) is 5.75 Å². The van der Waals surface area contributed by atoms with Crippen molar-refractivity contribution >= 4 is 50.9 Å². The molecule has 1 amide bonds. The fraction of sp³-hybridized carbons (Fsp3) is 0.211. The number of nitrogens with one attached hydrogen (secondary N) is 2. The molecule has 28 heavy (non-hydrogen) atoms. The van der Waals surface area contributed by atoms with Crippen LogP contribution in [0.3, 0.4) is 0 Å². The van der Waals surface area contributed by atoms with Gasteiger partial charge >= 0.3 is 5.97 Å². The maximum absolute atomic E-state index is 11.8. The summed E-state index contributed by atoms with van der Waals surface area (Å²) < 4.78 is 1.02. The SMILES string of the molecule is O=C1CSc2c(c(O)cc3c2C(c2nc4ccccc4s2)NC(C(=O)O)C3)N1. The van der Waals surface area contributed by atoms with E-state index in [4.69, 9.17) is 4.98 Å². The summed E-state index contributed by atoms with van der Waals surface area (Å²) in [6.45, 7) is 0. The lowest BCUT2D eigenvalue weighted by Crippen LogP contribution is -2.45. The molecule has 5 rings (SSSR count). The molecule has 0 fully saturated rings. The summed E-state index contributed by atoms with van der Waals surface area (Å²) in [5, 5.41) is 26.7. The van der Waals surface area contributed by atoms with Gasteiger partial charge in [-0.1, -0.05) is 12.1 Å². The standard InChI is InChI=1S/C19H15N3O4S2/c23-11-6-8-5-10(19(25)26)20-16(14(8)17-15(11)22-13(24)7-27-17)18-21-9-3-1-2-4-12(9)28-18/h1-4,6,10,16,20,23H,5,7H2,(H,22,24)(H,25,26). The number of hydrogen-bond acceptors (Lipinski definition) is 7. The topological polar surface area (TPSA) is 112 Å². The van der Waals surface area contributed by atoms with Crippen molar-refractivity contribution in [2.24, 2.45) is 0 Å². The molecule has 3 heterocycles. The molecule has 0 radical (unpaired) electrons. The molecule has 2 aromatic carbocycles. The van der Waals surface area contributed by atoms with E-state index < -0.39 is 18.1 Å². The average molecular weight is 413 g/mol. The predicted molar refractivity (Wildman–Crippen MR) is 107 cm³/mol. The summed E-state index contributed by atoms with van der Waals surface area (Å²) in [7, 11) is 0. The number of carboxylic acids is 1. The zero-order valence-electron chi connectivity index (χ0n) is 14.4. The van der Waals surface area contributed by atoms with E-state index >= 15 is 0 Å². The van der Waals surface area contributed by atoms with E-state index in [1.165, 1.54) is 23.1 Å². The van der Waals surface area contributed by atoms with Gasteiger partial charge < -0.3 is 15.5 Å². The minimum atomic E-state index is -0.949. The number of phenolic OH excluding ortho intramolecular Hbond substituents is 1. The number of rotatable bonds is 2. The summed E-state index contributed by atoms with van der Waals surface area (Å²) in [6, 6.07) is 8.11. The molecule has 0 saturated heterocycles. The van der Waals surface area contributed by atoms with Crippen molar-refractivity contribution in [1.82, 2.24) is 10.3 Å². The Hall–Kier alpha value is -2.62. The fourth-order valence-electron chi connectivity index (χ4n) is 3.71. The van der Waals surface area contributed by atoms with Gasteiger partial charge in [-0.05, 0) is 35.7 Å². The normalized spacial score (nSPS) is 21.1.